The third-order valence-corrected chi connectivity index (χ3v) is 4.97. The fourth-order valence-electron chi connectivity index (χ4n) is 2.62. The van der Waals surface area contributed by atoms with Gasteiger partial charge < -0.3 is 15.1 Å². The van der Waals surface area contributed by atoms with Crippen LogP contribution in [0.4, 0.5) is 0 Å². The van der Waals surface area contributed by atoms with Crippen LogP contribution in [0.25, 0.3) is 17.3 Å². The third kappa shape index (κ3) is 5.26. The Morgan fingerprint density at radius 3 is 2.66 bits per heavy atom. The van der Waals surface area contributed by atoms with Gasteiger partial charge in [0.1, 0.15) is 6.04 Å². The van der Waals surface area contributed by atoms with E-state index in [0.29, 0.717) is 23.3 Å². The van der Waals surface area contributed by atoms with Crippen molar-refractivity contribution < 1.29 is 14.0 Å². The summed E-state index contributed by atoms with van der Waals surface area (Å²) < 4.78 is 7.32. The van der Waals surface area contributed by atoms with E-state index in [-0.39, 0.29) is 17.6 Å². The van der Waals surface area contributed by atoms with Crippen molar-refractivity contribution in [2.45, 2.75) is 31.5 Å². The highest BCUT2D eigenvalue weighted by molar-refractivity contribution is 7.99. The minimum atomic E-state index is -0.597. The number of benzene rings is 1. The number of thioether (sulfide) groups is 1. The lowest BCUT2D eigenvalue weighted by Gasteiger charge is -2.14. The Hall–Kier alpha value is -3.07. The van der Waals surface area contributed by atoms with Crippen molar-refractivity contribution in [3.05, 3.63) is 48.7 Å². The summed E-state index contributed by atoms with van der Waals surface area (Å²) in [4.78, 5) is 24.2. The zero-order chi connectivity index (χ0) is 20.6. The molecule has 2 heterocycles. The van der Waals surface area contributed by atoms with Crippen LogP contribution in [0.3, 0.4) is 0 Å². The number of hydrogen-bond acceptors (Lipinski definition) is 6. The lowest BCUT2D eigenvalue weighted by atomic mass is 10.3. The van der Waals surface area contributed by atoms with Gasteiger partial charge in [-0.3, -0.25) is 14.2 Å². The Bertz CT molecular complexity index is 940. The molecule has 0 aliphatic rings. The van der Waals surface area contributed by atoms with E-state index in [2.05, 4.69) is 20.8 Å². The van der Waals surface area contributed by atoms with Gasteiger partial charge in [0, 0.05) is 12.2 Å². The average Bonchev–Trinajstić information content (AvgIpc) is 3.40. The normalized spacial score (nSPS) is 11.8. The first kappa shape index (κ1) is 20.7. The van der Waals surface area contributed by atoms with Gasteiger partial charge in [0.2, 0.25) is 17.6 Å². The molecule has 2 N–H and O–H groups in total. The highest BCUT2D eigenvalue weighted by atomic mass is 32.2. The summed E-state index contributed by atoms with van der Waals surface area (Å²) in [5.41, 5.74) is 0.860. The minimum Gasteiger partial charge on any atom is -0.461 e. The summed E-state index contributed by atoms with van der Waals surface area (Å²) in [7, 11) is 0. The summed E-state index contributed by atoms with van der Waals surface area (Å²) in [5, 5.41) is 14.5. The SMILES string of the molecule is CCCNC(=O)[C@H](C)NC(=O)CSc1nnc(-c2ccco2)n1-c1ccccc1. The van der Waals surface area contributed by atoms with Crippen LogP contribution in [0.1, 0.15) is 20.3 Å². The van der Waals surface area contributed by atoms with Gasteiger partial charge >= 0.3 is 0 Å². The van der Waals surface area contributed by atoms with E-state index in [1.807, 2.05) is 41.8 Å². The maximum atomic E-state index is 12.3. The molecule has 3 aromatic rings. The van der Waals surface area contributed by atoms with Crippen molar-refractivity contribution in [2.24, 2.45) is 0 Å². The van der Waals surface area contributed by atoms with Crippen molar-refractivity contribution in [3.63, 3.8) is 0 Å². The molecule has 29 heavy (non-hydrogen) atoms. The Balaban J connectivity index is 1.71. The first-order valence-electron chi connectivity index (χ1n) is 9.34. The number of amides is 2. The van der Waals surface area contributed by atoms with Gasteiger partial charge in [-0.25, -0.2) is 0 Å². The molecule has 0 unspecified atom stereocenters. The molecule has 2 amide bonds. The Morgan fingerprint density at radius 1 is 1.17 bits per heavy atom. The quantitative estimate of drug-likeness (QED) is 0.523. The zero-order valence-electron chi connectivity index (χ0n) is 16.3. The Kier molecular flexibility index (Phi) is 7.07. The van der Waals surface area contributed by atoms with Crippen molar-refractivity contribution in [1.82, 2.24) is 25.4 Å². The molecule has 1 aromatic carbocycles. The van der Waals surface area contributed by atoms with E-state index < -0.39 is 6.04 Å². The van der Waals surface area contributed by atoms with Crippen molar-refractivity contribution in [1.29, 1.82) is 0 Å². The summed E-state index contributed by atoms with van der Waals surface area (Å²) in [6.07, 6.45) is 2.42. The molecule has 152 valence electrons. The molecule has 9 heteroatoms. The zero-order valence-corrected chi connectivity index (χ0v) is 17.1. The standard InChI is InChI=1S/C20H23N5O3S/c1-3-11-21-19(27)14(2)22-17(26)13-29-20-24-23-18(16-10-7-12-28-16)25(20)15-8-5-4-6-9-15/h4-10,12,14H,3,11,13H2,1-2H3,(H,21,27)(H,22,26)/t14-/m0/s1. The second-order valence-electron chi connectivity index (χ2n) is 6.32. The number of carbonyl (C=O) groups excluding carboxylic acids is 2. The smallest absolute Gasteiger partial charge is 0.242 e. The maximum absolute atomic E-state index is 12.3. The van der Waals surface area contributed by atoms with E-state index in [9.17, 15) is 9.59 Å². The summed E-state index contributed by atoms with van der Waals surface area (Å²) in [6, 6.07) is 12.6. The fraction of sp³-hybridized carbons (Fsp3) is 0.300. The van der Waals surface area contributed by atoms with Gasteiger partial charge in [-0.1, -0.05) is 36.9 Å². The van der Waals surface area contributed by atoms with E-state index >= 15 is 0 Å². The lowest BCUT2D eigenvalue weighted by molar-refractivity contribution is -0.127. The molecule has 0 saturated heterocycles. The molecule has 8 nitrogen and oxygen atoms in total. The monoisotopic (exact) mass is 413 g/mol. The first-order chi connectivity index (χ1) is 14.1. The van der Waals surface area contributed by atoms with Crippen LogP contribution in [0, 0.1) is 0 Å². The Labute approximate surface area is 173 Å². The average molecular weight is 414 g/mol. The molecule has 2 aromatic heterocycles. The largest absolute Gasteiger partial charge is 0.461 e. The molecule has 0 aliphatic heterocycles. The van der Waals surface area contributed by atoms with Gasteiger partial charge in [0.15, 0.2) is 10.9 Å². The van der Waals surface area contributed by atoms with Gasteiger partial charge in [-0.2, -0.15) is 0 Å². The highest BCUT2D eigenvalue weighted by Gasteiger charge is 2.20. The number of nitrogens with one attached hydrogen (secondary N) is 2. The predicted molar refractivity (Wildman–Crippen MR) is 111 cm³/mol. The molecule has 3 rings (SSSR count). The summed E-state index contributed by atoms with van der Waals surface area (Å²) in [5.74, 6) is 0.790. The van der Waals surface area contributed by atoms with E-state index in [4.69, 9.17) is 4.42 Å². The molecule has 0 spiro atoms. The number of para-hydroxylation sites is 1. The number of furan rings is 1. The summed E-state index contributed by atoms with van der Waals surface area (Å²) >= 11 is 1.24. The van der Waals surface area contributed by atoms with E-state index in [1.165, 1.54) is 11.8 Å². The van der Waals surface area contributed by atoms with Gasteiger partial charge in [0.05, 0.1) is 12.0 Å². The van der Waals surface area contributed by atoms with Gasteiger partial charge in [-0.15, -0.1) is 10.2 Å². The van der Waals surface area contributed by atoms with Crippen molar-refractivity contribution in [3.8, 4) is 17.3 Å². The number of carbonyl (C=O) groups is 2. The third-order valence-electron chi connectivity index (χ3n) is 4.04. The molecule has 0 fully saturated rings. The topological polar surface area (TPSA) is 102 Å². The number of aromatic nitrogens is 3. The summed E-state index contributed by atoms with van der Waals surface area (Å²) in [6.45, 7) is 4.22. The molecular formula is C20H23N5O3S. The van der Waals surface area contributed by atoms with Crippen LogP contribution in [0.15, 0.2) is 58.3 Å². The maximum Gasteiger partial charge on any atom is 0.242 e. The number of nitrogens with zero attached hydrogens (tertiary/aromatic N) is 3. The first-order valence-corrected chi connectivity index (χ1v) is 10.3. The van der Waals surface area contributed by atoms with Crippen LogP contribution >= 0.6 is 11.8 Å². The van der Waals surface area contributed by atoms with Gasteiger partial charge in [-0.05, 0) is 37.6 Å². The van der Waals surface area contributed by atoms with Crippen LogP contribution in [-0.2, 0) is 9.59 Å². The van der Waals surface area contributed by atoms with Crippen molar-refractivity contribution in [2.75, 3.05) is 12.3 Å². The van der Waals surface area contributed by atoms with Crippen LogP contribution in [-0.4, -0.2) is 44.9 Å². The fourth-order valence-corrected chi connectivity index (χ4v) is 3.38. The molecule has 0 saturated carbocycles. The number of rotatable bonds is 9. The van der Waals surface area contributed by atoms with E-state index in [0.717, 1.165) is 12.1 Å². The van der Waals surface area contributed by atoms with Crippen molar-refractivity contribution >= 4 is 23.6 Å². The minimum absolute atomic E-state index is 0.106. The highest BCUT2D eigenvalue weighted by Crippen LogP contribution is 2.28. The molecule has 0 aliphatic carbocycles. The van der Waals surface area contributed by atoms with Crippen LogP contribution < -0.4 is 10.6 Å². The molecular weight excluding hydrogens is 390 g/mol. The van der Waals surface area contributed by atoms with Crippen LogP contribution in [0.2, 0.25) is 0 Å². The lowest BCUT2D eigenvalue weighted by Crippen LogP contribution is -2.45. The van der Waals surface area contributed by atoms with Crippen LogP contribution in [0.5, 0.6) is 0 Å². The van der Waals surface area contributed by atoms with E-state index in [1.54, 1.807) is 25.3 Å². The van der Waals surface area contributed by atoms with Gasteiger partial charge in [0.25, 0.3) is 0 Å². The predicted octanol–water partition coefficient (Wildman–Crippen LogP) is 2.65. The Morgan fingerprint density at radius 2 is 1.97 bits per heavy atom. The number of hydrogen-bond donors (Lipinski definition) is 2. The second-order valence-corrected chi connectivity index (χ2v) is 7.27. The molecule has 0 radical (unpaired) electrons. The molecule has 1 atom stereocenters. The molecule has 0 bridgehead atoms. The second kappa shape index (κ2) is 9.92.